The Bertz CT molecular complexity index is 248. The van der Waals surface area contributed by atoms with Gasteiger partial charge >= 0.3 is 6.18 Å². The smallest absolute Gasteiger partial charge is 0.295 e. The van der Waals surface area contributed by atoms with E-state index in [1.165, 1.54) is 4.90 Å². The average Bonchev–Trinajstić information content (AvgIpc) is 2.15. The Labute approximate surface area is 102 Å². The maximum absolute atomic E-state index is 12.7. The van der Waals surface area contributed by atoms with Crippen molar-refractivity contribution < 1.29 is 13.2 Å². The summed E-state index contributed by atoms with van der Waals surface area (Å²) in [7, 11) is 1.60. The summed E-state index contributed by atoms with van der Waals surface area (Å²) < 4.78 is 38.0. The van der Waals surface area contributed by atoms with Crippen LogP contribution in [0, 0.1) is 11.3 Å². The molecule has 0 N–H and O–H groups in total. The van der Waals surface area contributed by atoms with Crippen molar-refractivity contribution in [3.8, 4) is 0 Å². The zero-order valence-corrected chi connectivity index (χ0v) is 11.3. The fourth-order valence-corrected chi connectivity index (χ4v) is 2.75. The van der Waals surface area contributed by atoms with Crippen molar-refractivity contribution in [1.82, 2.24) is 4.90 Å². The van der Waals surface area contributed by atoms with Crippen molar-refractivity contribution in [3.63, 3.8) is 0 Å². The first kappa shape index (κ1) is 14.8. The number of likely N-dealkylation sites (tertiary alicyclic amines) is 1. The zero-order chi connectivity index (χ0) is 13.3. The predicted molar refractivity (Wildman–Crippen MR) is 63.9 cm³/mol. The third-order valence-electron chi connectivity index (χ3n) is 4.10. The summed E-state index contributed by atoms with van der Waals surface area (Å²) in [5.41, 5.74) is 0.247. The van der Waals surface area contributed by atoms with Crippen LogP contribution in [0.5, 0.6) is 0 Å². The molecule has 1 aliphatic rings. The van der Waals surface area contributed by atoms with Gasteiger partial charge in [0.2, 0.25) is 0 Å². The molecule has 0 amide bonds. The molecule has 4 heteroatoms. The van der Waals surface area contributed by atoms with Crippen molar-refractivity contribution in [3.05, 3.63) is 0 Å². The highest BCUT2D eigenvalue weighted by atomic mass is 19.4. The van der Waals surface area contributed by atoms with Crippen molar-refractivity contribution in [2.45, 2.75) is 58.7 Å². The number of hydrogen-bond acceptors (Lipinski definition) is 1. The van der Waals surface area contributed by atoms with Crippen LogP contribution < -0.4 is 0 Å². The molecule has 0 bridgehead atoms. The Morgan fingerprint density at radius 1 is 1.18 bits per heavy atom. The Morgan fingerprint density at radius 3 is 2.18 bits per heavy atom. The third kappa shape index (κ3) is 4.16. The Hall–Kier alpha value is -0.250. The summed E-state index contributed by atoms with van der Waals surface area (Å²) in [5.74, 6) is 0.411. The van der Waals surface area contributed by atoms with Crippen LogP contribution in [0.2, 0.25) is 0 Å². The topological polar surface area (TPSA) is 3.24 Å². The first-order chi connectivity index (χ1) is 7.65. The van der Waals surface area contributed by atoms with Gasteiger partial charge in [-0.3, -0.25) is 4.90 Å². The predicted octanol–water partition coefficient (Wildman–Crippen LogP) is 4.09. The molecule has 0 aromatic carbocycles. The molecule has 0 radical (unpaired) electrons. The van der Waals surface area contributed by atoms with Crippen LogP contribution >= 0.6 is 0 Å². The second-order valence-corrected chi connectivity index (χ2v) is 6.16. The van der Waals surface area contributed by atoms with Crippen molar-refractivity contribution in [2.24, 2.45) is 11.3 Å². The molecule has 17 heavy (non-hydrogen) atoms. The first-order valence-electron chi connectivity index (χ1n) is 6.42. The minimum absolute atomic E-state index is 0.247. The molecule has 1 aliphatic heterocycles. The van der Waals surface area contributed by atoms with E-state index in [9.17, 15) is 13.2 Å². The molecule has 102 valence electrons. The van der Waals surface area contributed by atoms with Crippen LogP contribution in [0.1, 0.15) is 46.5 Å². The van der Waals surface area contributed by atoms with Crippen molar-refractivity contribution in [1.29, 1.82) is 0 Å². The Balaban J connectivity index is 2.53. The third-order valence-corrected chi connectivity index (χ3v) is 4.10. The van der Waals surface area contributed by atoms with Crippen LogP contribution in [0.3, 0.4) is 0 Å². The lowest BCUT2D eigenvalue weighted by molar-refractivity contribution is -0.191. The lowest BCUT2D eigenvalue weighted by atomic mass is 9.77. The standard InChI is InChI=1S/C13H24F3N/c1-5-12(2,3)8-10-6-7-11(13(14,15)16)17(4)9-10/h10-11H,5-9H2,1-4H3/t10-,11-/m0/s1. The highest BCUT2D eigenvalue weighted by molar-refractivity contribution is 4.86. The van der Waals surface area contributed by atoms with E-state index >= 15 is 0 Å². The average molecular weight is 251 g/mol. The van der Waals surface area contributed by atoms with Crippen LogP contribution in [0.15, 0.2) is 0 Å². The fraction of sp³-hybridized carbons (Fsp3) is 1.00. The summed E-state index contributed by atoms with van der Waals surface area (Å²) in [4.78, 5) is 1.49. The Morgan fingerprint density at radius 2 is 1.76 bits per heavy atom. The molecule has 1 heterocycles. The van der Waals surface area contributed by atoms with E-state index in [2.05, 4.69) is 20.8 Å². The minimum Gasteiger partial charge on any atom is -0.295 e. The maximum Gasteiger partial charge on any atom is 0.404 e. The SMILES string of the molecule is CCC(C)(C)C[C@@H]1CC[C@@H](C(F)(F)F)N(C)C1. The quantitative estimate of drug-likeness (QED) is 0.730. The van der Waals surface area contributed by atoms with E-state index in [1.54, 1.807) is 7.05 Å². The Kier molecular flexibility index (Phi) is 4.50. The molecule has 0 aromatic rings. The molecule has 0 spiro atoms. The van der Waals surface area contributed by atoms with Gasteiger partial charge in [0.05, 0.1) is 0 Å². The van der Waals surface area contributed by atoms with Crippen LogP contribution in [0.25, 0.3) is 0 Å². The number of hydrogen-bond donors (Lipinski definition) is 0. The second kappa shape index (κ2) is 5.17. The molecular formula is C13H24F3N. The number of nitrogens with zero attached hydrogens (tertiary/aromatic N) is 1. The monoisotopic (exact) mass is 251 g/mol. The van der Waals surface area contributed by atoms with Gasteiger partial charge in [-0.15, -0.1) is 0 Å². The minimum atomic E-state index is -4.07. The van der Waals surface area contributed by atoms with Gasteiger partial charge in [-0.2, -0.15) is 13.2 Å². The highest BCUT2D eigenvalue weighted by Crippen LogP contribution is 2.37. The molecule has 0 aliphatic carbocycles. The molecule has 0 unspecified atom stereocenters. The van der Waals surface area contributed by atoms with Gasteiger partial charge < -0.3 is 0 Å². The largest absolute Gasteiger partial charge is 0.404 e. The molecule has 1 saturated heterocycles. The van der Waals surface area contributed by atoms with Crippen LogP contribution in [-0.4, -0.2) is 30.7 Å². The lowest BCUT2D eigenvalue weighted by Crippen LogP contribution is -2.49. The summed E-state index contributed by atoms with van der Waals surface area (Å²) in [5, 5.41) is 0. The zero-order valence-electron chi connectivity index (χ0n) is 11.3. The van der Waals surface area contributed by atoms with Crippen molar-refractivity contribution >= 4 is 0 Å². The first-order valence-corrected chi connectivity index (χ1v) is 6.42. The van der Waals surface area contributed by atoms with Crippen LogP contribution in [0.4, 0.5) is 13.2 Å². The summed E-state index contributed by atoms with van der Waals surface area (Å²) in [6.07, 6.45) is -1.00. The van der Waals surface area contributed by atoms with Gasteiger partial charge in [0.1, 0.15) is 6.04 Å². The highest BCUT2D eigenvalue weighted by Gasteiger charge is 2.45. The maximum atomic E-state index is 12.7. The van der Waals surface area contributed by atoms with Gasteiger partial charge in [-0.25, -0.2) is 0 Å². The number of piperidine rings is 1. The van der Waals surface area contributed by atoms with E-state index in [4.69, 9.17) is 0 Å². The molecular weight excluding hydrogens is 227 g/mol. The van der Waals surface area contributed by atoms with Gasteiger partial charge in [0, 0.05) is 6.54 Å². The summed E-state index contributed by atoms with van der Waals surface area (Å²) in [6.45, 7) is 7.12. The second-order valence-electron chi connectivity index (χ2n) is 6.16. The lowest BCUT2D eigenvalue weighted by Gasteiger charge is -2.40. The van der Waals surface area contributed by atoms with E-state index in [-0.39, 0.29) is 11.8 Å². The fourth-order valence-electron chi connectivity index (χ4n) is 2.75. The van der Waals surface area contributed by atoms with Gasteiger partial charge in [-0.05, 0) is 37.6 Å². The molecule has 2 atom stereocenters. The molecule has 0 saturated carbocycles. The molecule has 1 fully saturated rings. The van der Waals surface area contributed by atoms with E-state index in [0.717, 1.165) is 12.8 Å². The number of alkyl halides is 3. The molecule has 1 nitrogen and oxygen atoms in total. The number of rotatable bonds is 3. The van der Waals surface area contributed by atoms with Crippen LogP contribution in [-0.2, 0) is 0 Å². The molecule has 0 aromatic heterocycles. The summed E-state index contributed by atoms with van der Waals surface area (Å²) >= 11 is 0. The van der Waals surface area contributed by atoms with E-state index in [1.807, 2.05) is 0 Å². The van der Waals surface area contributed by atoms with E-state index in [0.29, 0.717) is 18.9 Å². The number of halogens is 3. The van der Waals surface area contributed by atoms with Gasteiger partial charge in [-0.1, -0.05) is 27.2 Å². The van der Waals surface area contributed by atoms with Gasteiger partial charge in [0.15, 0.2) is 0 Å². The van der Waals surface area contributed by atoms with E-state index < -0.39 is 12.2 Å². The normalized spacial score (nSPS) is 28.4. The molecule has 1 rings (SSSR count). The van der Waals surface area contributed by atoms with Crippen molar-refractivity contribution in [2.75, 3.05) is 13.6 Å². The summed E-state index contributed by atoms with van der Waals surface area (Å²) in [6, 6.07) is -1.23. The van der Waals surface area contributed by atoms with Gasteiger partial charge in [0.25, 0.3) is 0 Å².